The summed E-state index contributed by atoms with van der Waals surface area (Å²) in [6, 6.07) is 2.03. The van der Waals surface area contributed by atoms with Gasteiger partial charge in [0, 0.05) is 17.8 Å². The van der Waals surface area contributed by atoms with Crippen molar-refractivity contribution in [3.8, 4) is 0 Å². The summed E-state index contributed by atoms with van der Waals surface area (Å²) in [5.74, 6) is 0. The summed E-state index contributed by atoms with van der Waals surface area (Å²) in [4.78, 5) is 11.0. The van der Waals surface area contributed by atoms with Crippen molar-refractivity contribution in [2.45, 2.75) is 39.7 Å². The van der Waals surface area contributed by atoms with Crippen molar-refractivity contribution in [3.05, 3.63) is 22.1 Å². The molecule has 1 rings (SSSR count). The van der Waals surface area contributed by atoms with E-state index >= 15 is 0 Å². The molecule has 0 atom stereocenters. The molecule has 0 aliphatic carbocycles. The van der Waals surface area contributed by atoms with Crippen molar-refractivity contribution in [3.63, 3.8) is 0 Å². The minimum absolute atomic E-state index is 0.00662. The minimum Gasteiger partial charge on any atom is -0.287 e. The molecule has 3 heteroatoms. The molecule has 3 nitrogen and oxygen atoms in total. The summed E-state index contributed by atoms with van der Waals surface area (Å²) in [5.41, 5.74) is 1.12. The third-order valence-corrected chi connectivity index (χ3v) is 1.86. The lowest BCUT2D eigenvalue weighted by Crippen LogP contribution is -2.09. The van der Waals surface area contributed by atoms with Crippen molar-refractivity contribution in [1.29, 1.82) is 0 Å². The number of aryl methyl sites for hydroxylation is 1. The van der Waals surface area contributed by atoms with Gasteiger partial charge in [0.15, 0.2) is 0 Å². The molecule has 1 aromatic heterocycles. The molecule has 0 aromatic carbocycles. The highest BCUT2D eigenvalue weighted by Crippen LogP contribution is 2.07. The predicted molar refractivity (Wildman–Crippen MR) is 49.4 cm³/mol. The normalized spacial score (nSPS) is 11.0. The molecule has 0 bridgehead atoms. The molecular formula is C9H16N2O. The van der Waals surface area contributed by atoms with Gasteiger partial charge in [0.25, 0.3) is 5.56 Å². The maximum absolute atomic E-state index is 11.0. The Kier molecular flexibility index (Phi) is 2.74. The lowest BCUT2D eigenvalue weighted by atomic mass is 10.2. The smallest absolute Gasteiger partial charge is 0.264 e. The summed E-state index contributed by atoms with van der Waals surface area (Å²) in [6.07, 6.45) is 2.04. The van der Waals surface area contributed by atoms with Crippen LogP contribution < -0.4 is 5.56 Å². The molecule has 0 radical (unpaired) electrons. The molecule has 12 heavy (non-hydrogen) atoms. The van der Waals surface area contributed by atoms with E-state index in [2.05, 4.69) is 25.9 Å². The van der Waals surface area contributed by atoms with E-state index in [0.29, 0.717) is 6.04 Å². The topological polar surface area (TPSA) is 37.8 Å². The number of aromatic amines is 1. The molecule has 1 N–H and O–H groups in total. The predicted octanol–water partition coefficient (Wildman–Crippen LogP) is 1.71. The fraction of sp³-hybridized carbons (Fsp3) is 0.667. The molecule has 0 fully saturated rings. The Bertz CT molecular complexity index is 296. The third-order valence-electron chi connectivity index (χ3n) is 1.86. The van der Waals surface area contributed by atoms with Crippen molar-refractivity contribution in [2.24, 2.45) is 0 Å². The Balaban J connectivity index is 3.00. The van der Waals surface area contributed by atoms with E-state index < -0.39 is 0 Å². The molecule has 0 aliphatic rings. The Morgan fingerprint density at radius 3 is 2.75 bits per heavy atom. The van der Waals surface area contributed by atoms with Gasteiger partial charge in [0.2, 0.25) is 0 Å². The number of aromatic nitrogens is 2. The number of nitrogens with zero attached hydrogens (tertiary/aromatic N) is 1. The maximum Gasteiger partial charge on any atom is 0.264 e. The second-order valence-corrected chi connectivity index (χ2v) is 3.33. The van der Waals surface area contributed by atoms with E-state index in [-0.39, 0.29) is 5.56 Å². The lowest BCUT2D eigenvalue weighted by Gasteiger charge is -2.10. The van der Waals surface area contributed by atoms with Crippen LogP contribution in [-0.2, 0) is 6.42 Å². The number of H-pyrrole nitrogens is 1. The maximum atomic E-state index is 11.0. The first-order valence-corrected chi connectivity index (χ1v) is 4.45. The van der Waals surface area contributed by atoms with Crippen LogP contribution in [0.1, 0.15) is 38.9 Å². The monoisotopic (exact) mass is 168 g/mol. The van der Waals surface area contributed by atoms with Crippen LogP contribution in [0.3, 0.4) is 0 Å². The van der Waals surface area contributed by atoms with E-state index in [9.17, 15) is 4.79 Å². The van der Waals surface area contributed by atoms with Crippen molar-refractivity contribution in [1.82, 2.24) is 9.78 Å². The van der Waals surface area contributed by atoms with Gasteiger partial charge in [-0.2, -0.15) is 0 Å². The van der Waals surface area contributed by atoms with Crippen LogP contribution in [0, 0.1) is 0 Å². The van der Waals surface area contributed by atoms with Crippen LogP contribution in [0.4, 0.5) is 0 Å². The first-order chi connectivity index (χ1) is 5.65. The zero-order valence-electron chi connectivity index (χ0n) is 7.92. The van der Waals surface area contributed by atoms with Crippen LogP contribution in [0.2, 0.25) is 0 Å². The van der Waals surface area contributed by atoms with Gasteiger partial charge >= 0.3 is 0 Å². The van der Waals surface area contributed by atoms with Crippen LogP contribution >= 0.6 is 0 Å². The molecule has 0 amide bonds. The number of hydrogen-bond donors (Lipinski definition) is 1. The second kappa shape index (κ2) is 3.61. The summed E-state index contributed by atoms with van der Waals surface area (Å²) in [7, 11) is 0. The van der Waals surface area contributed by atoms with Gasteiger partial charge in [-0.3, -0.25) is 14.6 Å². The SMILES string of the molecule is CCCc1cc(=O)[nH]n1C(C)C. The fourth-order valence-electron chi connectivity index (χ4n) is 1.35. The van der Waals surface area contributed by atoms with Gasteiger partial charge in [-0.1, -0.05) is 13.3 Å². The highest BCUT2D eigenvalue weighted by molar-refractivity contribution is 5.01. The Morgan fingerprint density at radius 2 is 2.25 bits per heavy atom. The molecule has 1 heterocycles. The van der Waals surface area contributed by atoms with E-state index in [4.69, 9.17) is 0 Å². The first kappa shape index (κ1) is 9.10. The molecule has 0 spiro atoms. The fourth-order valence-corrected chi connectivity index (χ4v) is 1.35. The van der Waals surface area contributed by atoms with Gasteiger partial charge in [0.05, 0.1) is 0 Å². The van der Waals surface area contributed by atoms with Gasteiger partial charge < -0.3 is 0 Å². The van der Waals surface area contributed by atoms with Crippen molar-refractivity contribution in [2.75, 3.05) is 0 Å². The van der Waals surface area contributed by atoms with E-state index in [1.807, 2.05) is 4.68 Å². The van der Waals surface area contributed by atoms with Gasteiger partial charge in [0.1, 0.15) is 0 Å². The molecule has 0 unspecified atom stereocenters. The quantitative estimate of drug-likeness (QED) is 0.733. The van der Waals surface area contributed by atoms with E-state index in [1.54, 1.807) is 6.07 Å². The zero-order valence-corrected chi connectivity index (χ0v) is 7.92. The Morgan fingerprint density at radius 1 is 1.58 bits per heavy atom. The summed E-state index contributed by atoms with van der Waals surface area (Å²) < 4.78 is 1.94. The van der Waals surface area contributed by atoms with Crippen LogP contribution in [0.15, 0.2) is 10.9 Å². The highest BCUT2D eigenvalue weighted by Gasteiger charge is 2.05. The van der Waals surface area contributed by atoms with Crippen molar-refractivity contribution >= 4 is 0 Å². The van der Waals surface area contributed by atoms with E-state index in [0.717, 1.165) is 18.5 Å². The third kappa shape index (κ3) is 1.78. The number of rotatable bonds is 3. The van der Waals surface area contributed by atoms with Crippen molar-refractivity contribution < 1.29 is 0 Å². The van der Waals surface area contributed by atoms with Crippen LogP contribution in [0.25, 0.3) is 0 Å². The number of hydrogen-bond acceptors (Lipinski definition) is 1. The summed E-state index contributed by atoms with van der Waals surface area (Å²) >= 11 is 0. The second-order valence-electron chi connectivity index (χ2n) is 3.33. The van der Waals surface area contributed by atoms with Crippen LogP contribution in [0.5, 0.6) is 0 Å². The standard InChI is InChI=1S/C9H16N2O/c1-4-5-8-6-9(12)10-11(8)7(2)3/h6-7H,4-5H2,1-3H3,(H,10,12). The molecule has 68 valence electrons. The molecule has 0 saturated carbocycles. The average molecular weight is 168 g/mol. The van der Waals surface area contributed by atoms with Crippen LogP contribution in [-0.4, -0.2) is 9.78 Å². The summed E-state index contributed by atoms with van der Waals surface area (Å²) in [5, 5.41) is 2.79. The summed E-state index contributed by atoms with van der Waals surface area (Å²) in [6.45, 7) is 6.24. The lowest BCUT2D eigenvalue weighted by molar-refractivity contribution is 0.504. The minimum atomic E-state index is 0.00662. The largest absolute Gasteiger partial charge is 0.287 e. The molecular weight excluding hydrogens is 152 g/mol. The number of nitrogens with one attached hydrogen (secondary N) is 1. The molecule has 1 aromatic rings. The van der Waals surface area contributed by atoms with Gasteiger partial charge in [-0.15, -0.1) is 0 Å². The molecule has 0 aliphatic heterocycles. The molecule has 0 saturated heterocycles. The van der Waals surface area contributed by atoms with Gasteiger partial charge in [-0.05, 0) is 20.3 Å². The average Bonchev–Trinajstić information content (AvgIpc) is 2.32. The van der Waals surface area contributed by atoms with E-state index in [1.165, 1.54) is 0 Å². The first-order valence-electron chi connectivity index (χ1n) is 4.45. The Labute approximate surface area is 72.4 Å². The zero-order chi connectivity index (χ0) is 9.14. The Hall–Kier alpha value is -0.990. The van der Waals surface area contributed by atoms with Gasteiger partial charge in [-0.25, -0.2) is 0 Å². The highest BCUT2D eigenvalue weighted by atomic mass is 16.1.